The van der Waals surface area contributed by atoms with Crippen LogP contribution >= 0.6 is 0 Å². The number of esters is 1. The molecule has 1 fully saturated rings. The van der Waals surface area contributed by atoms with E-state index in [1.807, 2.05) is 11.1 Å². The predicted octanol–water partition coefficient (Wildman–Crippen LogP) is 1.87. The average Bonchev–Trinajstić information content (AvgIpc) is 2.66. The van der Waals surface area contributed by atoms with E-state index >= 15 is 0 Å². The molecule has 1 aromatic heterocycles. The first-order valence-corrected chi connectivity index (χ1v) is 8.94. The molecule has 2 heterocycles. The van der Waals surface area contributed by atoms with Crippen molar-refractivity contribution in [3.05, 3.63) is 35.4 Å². The minimum absolute atomic E-state index is 0.118. The van der Waals surface area contributed by atoms with Crippen molar-refractivity contribution in [1.29, 1.82) is 0 Å². The van der Waals surface area contributed by atoms with Crippen molar-refractivity contribution in [2.24, 2.45) is 5.41 Å². The Hall–Kier alpha value is -2.24. The van der Waals surface area contributed by atoms with E-state index in [9.17, 15) is 9.59 Å². The summed E-state index contributed by atoms with van der Waals surface area (Å²) in [5.41, 5.74) is 2.73. The van der Waals surface area contributed by atoms with Crippen LogP contribution in [0, 0.1) is 5.41 Å². The molecule has 0 bridgehead atoms. The second-order valence-corrected chi connectivity index (χ2v) is 6.97. The Balaban J connectivity index is 1.61. The molecule has 1 aliphatic heterocycles. The molecule has 1 aliphatic carbocycles. The predicted molar refractivity (Wildman–Crippen MR) is 92.8 cm³/mol. The Labute approximate surface area is 148 Å². The lowest BCUT2D eigenvalue weighted by molar-refractivity contribution is -0.135. The van der Waals surface area contributed by atoms with E-state index < -0.39 is 5.97 Å². The minimum atomic E-state index is -0.503. The highest BCUT2D eigenvalue weighted by molar-refractivity contribution is 5.94. The van der Waals surface area contributed by atoms with Crippen molar-refractivity contribution in [2.75, 3.05) is 20.2 Å². The summed E-state index contributed by atoms with van der Waals surface area (Å²) in [5.74, 6) is 0.303. The summed E-state index contributed by atoms with van der Waals surface area (Å²) in [6.07, 6.45) is 10.5. The number of rotatable bonds is 3. The van der Waals surface area contributed by atoms with Gasteiger partial charge < -0.3 is 9.64 Å². The van der Waals surface area contributed by atoms with Gasteiger partial charge in [-0.05, 0) is 43.1 Å². The molecule has 0 radical (unpaired) electrons. The number of piperidine rings is 1. The van der Waals surface area contributed by atoms with Crippen LogP contribution in [-0.4, -0.2) is 46.9 Å². The molecule has 0 N–H and O–H groups in total. The van der Waals surface area contributed by atoms with Crippen molar-refractivity contribution in [2.45, 2.75) is 45.4 Å². The number of carbonyl (C=O) groups excluding carboxylic acids is 2. The molecule has 2 aliphatic rings. The molecule has 0 atom stereocenters. The summed E-state index contributed by atoms with van der Waals surface area (Å²) in [6, 6.07) is 0. The Morgan fingerprint density at radius 1 is 1.28 bits per heavy atom. The lowest BCUT2D eigenvalue weighted by Crippen LogP contribution is -2.45. The number of nitrogens with zero attached hydrogens (tertiary/aromatic N) is 3. The quantitative estimate of drug-likeness (QED) is 0.619. The van der Waals surface area contributed by atoms with Crippen LogP contribution in [0.4, 0.5) is 0 Å². The largest absolute Gasteiger partial charge is 0.466 e. The zero-order chi connectivity index (χ0) is 17.9. The highest BCUT2D eigenvalue weighted by Crippen LogP contribution is 2.43. The maximum absolute atomic E-state index is 12.2. The lowest BCUT2D eigenvalue weighted by Gasteiger charge is -2.44. The number of carbonyl (C=O) groups is 2. The van der Waals surface area contributed by atoms with Gasteiger partial charge in [0, 0.05) is 43.6 Å². The Morgan fingerprint density at radius 2 is 2.04 bits per heavy atom. The van der Waals surface area contributed by atoms with Crippen molar-refractivity contribution in [3.63, 3.8) is 0 Å². The van der Waals surface area contributed by atoms with Crippen LogP contribution in [0.5, 0.6) is 0 Å². The molecule has 6 nitrogen and oxygen atoms in total. The van der Waals surface area contributed by atoms with Crippen molar-refractivity contribution < 1.29 is 14.3 Å². The number of aryl methyl sites for hydroxylation is 2. The van der Waals surface area contributed by atoms with E-state index in [4.69, 9.17) is 0 Å². The van der Waals surface area contributed by atoms with Crippen LogP contribution in [0.1, 0.15) is 43.3 Å². The van der Waals surface area contributed by atoms with E-state index in [0.29, 0.717) is 0 Å². The van der Waals surface area contributed by atoms with Gasteiger partial charge in [0.05, 0.1) is 7.11 Å². The van der Waals surface area contributed by atoms with E-state index in [0.717, 1.165) is 57.4 Å². The van der Waals surface area contributed by atoms with E-state index in [1.165, 1.54) is 30.5 Å². The molecule has 1 amide bonds. The summed E-state index contributed by atoms with van der Waals surface area (Å²) in [5, 5.41) is 0. The first-order chi connectivity index (χ1) is 12.0. The molecule has 1 aromatic rings. The van der Waals surface area contributed by atoms with Gasteiger partial charge in [0.25, 0.3) is 0 Å². The highest BCUT2D eigenvalue weighted by atomic mass is 16.5. The van der Waals surface area contributed by atoms with Gasteiger partial charge in [0.2, 0.25) is 5.91 Å². The number of methoxy groups -OCH3 is 1. The van der Waals surface area contributed by atoms with Gasteiger partial charge in [-0.25, -0.2) is 14.8 Å². The summed E-state index contributed by atoms with van der Waals surface area (Å²) < 4.78 is 4.52. The number of aromatic nitrogens is 2. The smallest absolute Gasteiger partial charge is 0.330 e. The van der Waals surface area contributed by atoms with E-state index in [-0.39, 0.29) is 11.3 Å². The molecule has 1 spiro atoms. The first kappa shape index (κ1) is 17.6. The average molecular weight is 343 g/mol. The summed E-state index contributed by atoms with van der Waals surface area (Å²) in [7, 11) is 1.30. The molecule has 6 heteroatoms. The standard InChI is InChI=1S/C19H25N3O3/c1-3-16-20-13-14-12-19(7-6-15(14)21-16)8-10-22(11-9-19)17(23)4-5-18(24)25-2/h4-5,13H,3,6-12H2,1-2H3/b5-4+. The Kier molecular flexibility index (Phi) is 5.16. The number of fused-ring (bicyclic) bond motifs is 1. The topological polar surface area (TPSA) is 72.4 Å². The van der Waals surface area contributed by atoms with E-state index in [2.05, 4.69) is 21.6 Å². The molecule has 1 saturated heterocycles. The molecular weight excluding hydrogens is 318 g/mol. The number of likely N-dealkylation sites (tertiary alicyclic amines) is 1. The zero-order valence-electron chi connectivity index (χ0n) is 15.0. The van der Waals surface area contributed by atoms with Crippen LogP contribution in [0.3, 0.4) is 0 Å². The fraction of sp³-hybridized carbons (Fsp3) is 0.579. The van der Waals surface area contributed by atoms with Crippen molar-refractivity contribution in [1.82, 2.24) is 14.9 Å². The van der Waals surface area contributed by atoms with Gasteiger partial charge in [0.15, 0.2) is 0 Å². The van der Waals surface area contributed by atoms with E-state index in [1.54, 1.807) is 0 Å². The Bertz CT molecular complexity index is 691. The van der Waals surface area contributed by atoms with Gasteiger partial charge in [-0.1, -0.05) is 6.92 Å². The van der Waals surface area contributed by atoms with Gasteiger partial charge in [0.1, 0.15) is 5.82 Å². The molecule has 0 aromatic carbocycles. The van der Waals surface area contributed by atoms with Gasteiger partial charge in [-0.2, -0.15) is 0 Å². The number of hydrogen-bond donors (Lipinski definition) is 0. The molecule has 134 valence electrons. The molecule has 0 saturated carbocycles. The van der Waals surface area contributed by atoms with Gasteiger partial charge in [-0.3, -0.25) is 4.79 Å². The highest BCUT2D eigenvalue weighted by Gasteiger charge is 2.38. The summed E-state index contributed by atoms with van der Waals surface area (Å²) in [4.78, 5) is 34.2. The minimum Gasteiger partial charge on any atom is -0.466 e. The van der Waals surface area contributed by atoms with Crippen molar-refractivity contribution >= 4 is 11.9 Å². The fourth-order valence-corrected chi connectivity index (χ4v) is 3.83. The third-order valence-electron chi connectivity index (χ3n) is 5.48. The maximum Gasteiger partial charge on any atom is 0.330 e. The van der Waals surface area contributed by atoms with Gasteiger partial charge >= 0.3 is 5.97 Å². The second-order valence-electron chi connectivity index (χ2n) is 6.97. The lowest BCUT2D eigenvalue weighted by atomic mass is 9.67. The monoisotopic (exact) mass is 343 g/mol. The summed E-state index contributed by atoms with van der Waals surface area (Å²) >= 11 is 0. The Morgan fingerprint density at radius 3 is 2.72 bits per heavy atom. The van der Waals surface area contributed by atoms with Crippen LogP contribution in [0.15, 0.2) is 18.3 Å². The number of amides is 1. The zero-order valence-corrected chi connectivity index (χ0v) is 15.0. The third kappa shape index (κ3) is 3.89. The molecule has 25 heavy (non-hydrogen) atoms. The second kappa shape index (κ2) is 7.33. The SMILES string of the molecule is CCc1ncc2c(n1)CCC1(CCN(C(=O)/C=C/C(=O)OC)CC1)C2. The normalized spacial score (nSPS) is 19.0. The maximum atomic E-state index is 12.2. The van der Waals surface area contributed by atoms with Crippen LogP contribution in [-0.2, 0) is 33.6 Å². The fourth-order valence-electron chi connectivity index (χ4n) is 3.83. The molecule has 0 unspecified atom stereocenters. The first-order valence-electron chi connectivity index (χ1n) is 8.94. The number of hydrogen-bond acceptors (Lipinski definition) is 5. The van der Waals surface area contributed by atoms with Crippen LogP contribution < -0.4 is 0 Å². The molecule has 3 rings (SSSR count). The molecular formula is C19H25N3O3. The summed E-state index contributed by atoms with van der Waals surface area (Å²) in [6.45, 7) is 3.54. The van der Waals surface area contributed by atoms with Gasteiger partial charge in [-0.15, -0.1) is 0 Å². The van der Waals surface area contributed by atoms with Crippen LogP contribution in [0.2, 0.25) is 0 Å². The van der Waals surface area contributed by atoms with Crippen LogP contribution in [0.25, 0.3) is 0 Å². The third-order valence-corrected chi connectivity index (χ3v) is 5.48. The number of ether oxygens (including phenoxy) is 1. The van der Waals surface area contributed by atoms with Crippen molar-refractivity contribution in [3.8, 4) is 0 Å².